The smallest absolute Gasteiger partial charge is 0.255 e. The molecule has 0 aliphatic rings. The first-order valence-electron chi connectivity index (χ1n) is 9.40. The topological polar surface area (TPSA) is 93.7 Å². The molecule has 0 fully saturated rings. The molecule has 0 saturated carbocycles. The van der Waals surface area contributed by atoms with Crippen LogP contribution in [0.1, 0.15) is 45.0 Å². The van der Waals surface area contributed by atoms with Gasteiger partial charge in [-0.3, -0.25) is 4.79 Å². The average molecular weight is 421 g/mol. The van der Waals surface area contributed by atoms with Gasteiger partial charge in [0, 0.05) is 16.8 Å². The molecule has 0 aliphatic carbocycles. The van der Waals surface area contributed by atoms with E-state index in [0.717, 1.165) is 0 Å². The van der Waals surface area contributed by atoms with Crippen LogP contribution in [-0.4, -0.2) is 33.1 Å². The van der Waals surface area contributed by atoms with Crippen molar-refractivity contribution in [3.63, 3.8) is 0 Å². The molecule has 0 radical (unpaired) electrons. The minimum Gasteiger partial charge on any atom is -0.490 e. The number of carbonyl (C=O) groups excluding carboxylic acids is 1. The van der Waals surface area contributed by atoms with Crippen LogP contribution in [0.3, 0.4) is 0 Å². The van der Waals surface area contributed by atoms with Gasteiger partial charge in [0.05, 0.1) is 18.1 Å². The van der Waals surface area contributed by atoms with Crippen LogP contribution in [0.15, 0.2) is 47.4 Å². The van der Waals surface area contributed by atoms with E-state index < -0.39 is 15.6 Å². The fourth-order valence-corrected chi connectivity index (χ4v) is 3.99. The molecule has 29 heavy (non-hydrogen) atoms. The average Bonchev–Trinajstić information content (AvgIpc) is 2.62. The maximum absolute atomic E-state index is 12.6. The third-order valence-electron chi connectivity index (χ3n) is 3.67. The summed E-state index contributed by atoms with van der Waals surface area (Å²) in [6.07, 6.45) is 0. The van der Waals surface area contributed by atoms with Gasteiger partial charge in [-0.05, 0) is 77.1 Å². The van der Waals surface area contributed by atoms with Gasteiger partial charge in [0.25, 0.3) is 5.91 Å². The van der Waals surface area contributed by atoms with Crippen LogP contribution in [0.4, 0.5) is 5.69 Å². The first-order valence-corrected chi connectivity index (χ1v) is 10.9. The Kier molecular flexibility index (Phi) is 7.26. The van der Waals surface area contributed by atoms with Crippen molar-refractivity contribution < 1.29 is 22.7 Å². The summed E-state index contributed by atoms with van der Waals surface area (Å²) in [5, 5.41) is 2.76. The third kappa shape index (κ3) is 6.47. The fraction of sp³-hybridized carbons (Fsp3) is 0.381. The molecule has 2 rings (SSSR count). The molecular weight excluding hydrogens is 392 g/mol. The number of sulfonamides is 1. The molecule has 0 spiro atoms. The van der Waals surface area contributed by atoms with Gasteiger partial charge in [-0.1, -0.05) is 0 Å². The minimum atomic E-state index is -3.63. The van der Waals surface area contributed by atoms with Crippen molar-refractivity contribution in [2.75, 3.05) is 18.5 Å². The number of benzene rings is 2. The highest BCUT2D eigenvalue weighted by Gasteiger charge is 2.22. The zero-order valence-electron chi connectivity index (χ0n) is 17.4. The number of amides is 1. The number of ether oxygens (including phenoxy) is 2. The van der Waals surface area contributed by atoms with Crippen LogP contribution >= 0.6 is 0 Å². The summed E-state index contributed by atoms with van der Waals surface area (Å²) >= 11 is 0. The molecular formula is C21H28N2O5S. The van der Waals surface area contributed by atoms with Crippen molar-refractivity contribution in [1.82, 2.24) is 4.72 Å². The minimum absolute atomic E-state index is 0.130. The standard InChI is InChI=1S/C21H28N2O5S/c1-6-27-18-13-8-15(14-19(18)28-7-2)20(24)22-16-9-11-17(12-10-16)29(25,26)23-21(3,4)5/h8-14,23H,6-7H2,1-5H3,(H,22,24). The Hall–Kier alpha value is -2.58. The molecule has 2 aromatic carbocycles. The lowest BCUT2D eigenvalue weighted by molar-refractivity contribution is 0.102. The molecule has 0 atom stereocenters. The summed E-state index contributed by atoms with van der Waals surface area (Å²) < 4.78 is 38.4. The van der Waals surface area contributed by atoms with Gasteiger partial charge in [0.15, 0.2) is 11.5 Å². The zero-order chi connectivity index (χ0) is 21.7. The fourth-order valence-electron chi connectivity index (χ4n) is 2.58. The van der Waals surface area contributed by atoms with E-state index in [2.05, 4.69) is 10.0 Å². The predicted molar refractivity (Wildman–Crippen MR) is 113 cm³/mol. The van der Waals surface area contributed by atoms with Crippen molar-refractivity contribution in [3.05, 3.63) is 48.0 Å². The van der Waals surface area contributed by atoms with Crippen LogP contribution in [0.25, 0.3) is 0 Å². The van der Waals surface area contributed by atoms with Crippen LogP contribution in [-0.2, 0) is 10.0 Å². The monoisotopic (exact) mass is 420 g/mol. The number of rotatable bonds is 8. The summed E-state index contributed by atoms with van der Waals surface area (Å²) in [6, 6.07) is 11.0. The molecule has 2 aromatic rings. The van der Waals surface area contributed by atoms with E-state index in [0.29, 0.717) is 36.0 Å². The Bertz CT molecular complexity index is 948. The normalized spacial score (nSPS) is 11.8. The summed E-state index contributed by atoms with van der Waals surface area (Å²) in [6.45, 7) is 9.98. The van der Waals surface area contributed by atoms with E-state index in [1.807, 2.05) is 13.8 Å². The molecule has 0 saturated heterocycles. The lowest BCUT2D eigenvalue weighted by Gasteiger charge is -2.20. The van der Waals surface area contributed by atoms with Crippen LogP contribution in [0, 0.1) is 0 Å². The quantitative estimate of drug-likeness (QED) is 0.677. The van der Waals surface area contributed by atoms with E-state index >= 15 is 0 Å². The van der Waals surface area contributed by atoms with Gasteiger partial charge in [-0.2, -0.15) is 0 Å². The van der Waals surface area contributed by atoms with Crippen molar-refractivity contribution in [2.24, 2.45) is 0 Å². The first-order chi connectivity index (χ1) is 13.6. The molecule has 0 unspecified atom stereocenters. The third-order valence-corrected chi connectivity index (χ3v) is 5.44. The SMILES string of the molecule is CCOc1ccc(C(=O)Nc2ccc(S(=O)(=O)NC(C)(C)C)cc2)cc1OCC. The van der Waals surface area contributed by atoms with E-state index in [9.17, 15) is 13.2 Å². The van der Waals surface area contributed by atoms with Crippen LogP contribution in [0.2, 0.25) is 0 Å². The molecule has 0 aliphatic heterocycles. The van der Waals surface area contributed by atoms with E-state index in [4.69, 9.17) is 9.47 Å². The van der Waals surface area contributed by atoms with Crippen LogP contribution < -0.4 is 19.5 Å². The Morgan fingerprint density at radius 2 is 1.52 bits per heavy atom. The first kappa shape index (κ1) is 22.7. The van der Waals surface area contributed by atoms with E-state index in [-0.39, 0.29) is 10.8 Å². The van der Waals surface area contributed by atoms with Gasteiger partial charge in [-0.15, -0.1) is 0 Å². The molecule has 0 aromatic heterocycles. The van der Waals surface area contributed by atoms with Crippen LogP contribution in [0.5, 0.6) is 11.5 Å². The number of hydrogen-bond donors (Lipinski definition) is 2. The van der Waals surface area contributed by atoms with Gasteiger partial charge in [0.1, 0.15) is 0 Å². The Labute approximate surface area is 172 Å². The molecule has 0 bridgehead atoms. The largest absolute Gasteiger partial charge is 0.490 e. The highest BCUT2D eigenvalue weighted by molar-refractivity contribution is 7.89. The highest BCUT2D eigenvalue weighted by Crippen LogP contribution is 2.29. The summed E-state index contributed by atoms with van der Waals surface area (Å²) in [5.41, 5.74) is 0.303. The number of nitrogens with one attached hydrogen (secondary N) is 2. The lowest BCUT2D eigenvalue weighted by atomic mass is 10.1. The molecule has 2 N–H and O–H groups in total. The highest BCUT2D eigenvalue weighted by atomic mass is 32.2. The number of carbonyl (C=O) groups is 1. The lowest BCUT2D eigenvalue weighted by Crippen LogP contribution is -2.40. The summed E-state index contributed by atoms with van der Waals surface area (Å²) in [7, 11) is -3.63. The van der Waals surface area contributed by atoms with Gasteiger partial charge >= 0.3 is 0 Å². The second-order valence-corrected chi connectivity index (χ2v) is 9.04. The van der Waals surface area contributed by atoms with Crippen molar-refractivity contribution in [2.45, 2.75) is 45.1 Å². The van der Waals surface area contributed by atoms with Gasteiger partial charge in [-0.25, -0.2) is 13.1 Å². The molecule has 158 valence electrons. The Balaban J connectivity index is 2.16. The van der Waals surface area contributed by atoms with Gasteiger partial charge < -0.3 is 14.8 Å². The summed E-state index contributed by atoms with van der Waals surface area (Å²) in [4.78, 5) is 12.7. The molecule has 7 nitrogen and oxygen atoms in total. The summed E-state index contributed by atoms with van der Waals surface area (Å²) in [5.74, 6) is 0.737. The molecule has 8 heteroatoms. The zero-order valence-corrected chi connectivity index (χ0v) is 18.2. The second kappa shape index (κ2) is 9.28. The number of anilines is 1. The van der Waals surface area contributed by atoms with Crippen molar-refractivity contribution in [3.8, 4) is 11.5 Å². The second-order valence-electron chi connectivity index (χ2n) is 7.36. The Morgan fingerprint density at radius 3 is 2.07 bits per heavy atom. The predicted octanol–water partition coefficient (Wildman–Crippen LogP) is 3.81. The maximum atomic E-state index is 12.6. The van der Waals surface area contributed by atoms with Crippen molar-refractivity contribution in [1.29, 1.82) is 0 Å². The number of hydrogen-bond acceptors (Lipinski definition) is 5. The Morgan fingerprint density at radius 1 is 0.931 bits per heavy atom. The van der Waals surface area contributed by atoms with E-state index in [1.54, 1.807) is 51.1 Å². The van der Waals surface area contributed by atoms with Gasteiger partial charge in [0.2, 0.25) is 10.0 Å². The molecule has 0 heterocycles. The maximum Gasteiger partial charge on any atom is 0.255 e. The molecule has 1 amide bonds. The van der Waals surface area contributed by atoms with Crippen molar-refractivity contribution >= 4 is 21.6 Å². The van der Waals surface area contributed by atoms with E-state index in [1.165, 1.54) is 12.1 Å².